The second kappa shape index (κ2) is 6.69. The predicted molar refractivity (Wildman–Crippen MR) is 79.2 cm³/mol. The Bertz CT molecular complexity index is 420. The van der Waals surface area contributed by atoms with E-state index in [9.17, 15) is 0 Å². The number of anilines is 1. The molecular weight excluding hydrogens is 244 g/mol. The quantitative estimate of drug-likeness (QED) is 0.504. The van der Waals surface area contributed by atoms with E-state index in [-0.39, 0.29) is 0 Å². The smallest absolute Gasteiger partial charge is 0.0906 e. The van der Waals surface area contributed by atoms with Crippen LogP contribution in [0.25, 0.3) is 0 Å². The first kappa shape index (κ1) is 13.3. The van der Waals surface area contributed by atoms with Crippen LogP contribution in [0.5, 0.6) is 0 Å². The number of nitrogens with zero attached hydrogens (tertiary/aromatic N) is 2. The van der Waals surface area contributed by atoms with Crippen molar-refractivity contribution in [1.82, 2.24) is 0 Å². The number of hydrogen-bond donors (Lipinski definition) is 1. The molecule has 0 bridgehead atoms. The Morgan fingerprint density at radius 3 is 3.00 bits per heavy atom. The van der Waals surface area contributed by atoms with Crippen LogP contribution in [0.3, 0.4) is 0 Å². The Hall–Kier alpha value is -1.16. The fourth-order valence-electron chi connectivity index (χ4n) is 2.33. The molecule has 0 saturated carbocycles. The van der Waals surface area contributed by atoms with Crippen molar-refractivity contribution in [3.05, 3.63) is 29.8 Å². The molecule has 98 valence electrons. The first-order valence-electron chi connectivity index (χ1n) is 6.50. The topological polar surface area (TPSA) is 35.8 Å². The Labute approximate surface area is 113 Å². The standard InChI is InChI=1S/C14H20N2OS/c1-2-18-11-5-9-16-10-8-13(15-17)12-6-3-4-7-14(12)16/h3-4,6-7,17H,2,5,8-11H2,1H3/b15-13-. The summed E-state index contributed by atoms with van der Waals surface area (Å²) in [4.78, 5) is 2.40. The number of thioether (sulfide) groups is 1. The number of oxime groups is 1. The first-order chi connectivity index (χ1) is 8.86. The van der Waals surface area contributed by atoms with Crippen LogP contribution < -0.4 is 4.90 Å². The van der Waals surface area contributed by atoms with Crippen molar-refractivity contribution in [1.29, 1.82) is 0 Å². The third-order valence-electron chi connectivity index (χ3n) is 3.22. The molecule has 1 aliphatic heterocycles. The Balaban J connectivity index is 2.06. The summed E-state index contributed by atoms with van der Waals surface area (Å²) in [5.74, 6) is 2.41. The van der Waals surface area contributed by atoms with Gasteiger partial charge in [0.15, 0.2) is 0 Å². The number of hydrogen-bond acceptors (Lipinski definition) is 4. The maximum atomic E-state index is 9.04. The maximum absolute atomic E-state index is 9.04. The number of rotatable bonds is 5. The highest BCUT2D eigenvalue weighted by Crippen LogP contribution is 2.27. The number of benzene rings is 1. The lowest BCUT2D eigenvalue weighted by Gasteiger charge is -2.31. The van der Waals surface area contributed by atoms with Crippen molar-refractivity contribution in [2.24, 2.45) is 5.16 Å². The first-order valence-corrected chi connectivity index (χ1v) is 7.65. The van der Waals surface area contributed by atoms with Crippen LogP contribution in [0.4, 0.5) is 5.69 Å². The van der Waals surface area contributed by atoms with E-state index < -0.39 is 0 Å². The maximum Gasteiger partial charge on any atom is 0.0906 e. The molecule has 0 aliphatic carbocycles. The molecule has 0 unspecified atom stereocenters. The van der Waals surface area contributed by atoms with Crippen LogP contribution in [-0.2, 0) is 0 Å². The van der Waals surface area contributed by atoms with Crippen molar-refractivity contribution >= 4 is 23.2 Å². The molecule has 18 heavy (non-hydrogen) atoms. The van der Waals surface area contributed by atoms with Gasteiger partial charge in [-0.3, -0.25) is 0 Å². The number of fused-ring (bicyclic) bond motifs is 1. The molecule has 3 nitrogen and oxygen atoms in total. The van der Waals surface area contributed by atoms with E-state index in [1.807, 2.05) is 30.0 Å². The van der Waals surface area contributed by atoms with Crippen molar-refractivity contribution in [2.75, 3.05) is 29.5 Å². The van der Waals surface area contributed by atoms with Crippen molar-refractivity contribution in [3.8, 4) is 0 Å². The highest BCUT2D eigenvalue weighted by atomic mass is 32.2. The molecule has 0 spiro atoms. The lowest BCUT2D eigenvalue weighted by Crippen LogP contribution is -2.33. The Morgan fingerprint density at radius 1 is 1.39 bits per heavy atom. The molecular formula is C14H20N2OS. The SMILES string of the molecule is CCSCCCN1CC/C(=N/O)c2ccccc21. The average Bonchev–Trinajstić information content (AvgIpc) is 2.43. The van der Waals surface area contributed by atoms with Gasteiger partial charge in [0.2, 0.25) is 0 Å². The van der Waals surface area contributed by atoms with E-state index in [1.54, 1.807) is 0 Å². The summed E-state index contributed by atoms with van der Waals surface area (Å²) in [7, 11) is 0. The van der Waals surface area contributed by atoms with Gasteiger partial charge in [0.1, 0.15) is 0 Å². The third-order valence-corrected chi connectivity index (χ3v) is 4.20. The zero-order valence-corrected chi connectivity index (χ0v) is 11.6. The van der Waals surface area contributed by atoms with Crippen molar-refractivity contribution < 1.29 is 5.21 Å². The summed E-state index contributed by atoms with van der Waals surface area (Å²) in [6.45, 7) is 4.24. The highest BCUT2D eigenvalue weighted by Gasteiger charge is 2.20. The minimum atomic E-state index is 0.810. The molecule has 0 fully saturated rings. The molecule has 0 radical (unpaired) electrons. The van der Waals surface area contributed by atoms with E-state index >= 15 is 0 Å². The zero-order valence-electron chi connectivity index (χ0n) is 10.8. The monoisotopic (exact) mass is 264 g/mol. The molecule has 1 aromatic rings. The van der Waals surface area contributed by atoms with Gasteiger partial charge in [-0.15, -0.1) is 0 Å². The van der Waals surface area contributed by atoms with E-state index in [0.29, 0.717) is 0 Å². The summed E-state index contributed by atoms with van der Waals surface area (Å²) in [5, 5.41) is 12.5. The van der Waals surface area contributed by atoms with Gasteiger partial charge in [0.05, 0.1) is 5.71 Å². The molecule has 1 heterocycles. The molecule has 0 saturated heterocycles. The summed E-state index contributed by atoms with van der Waals surface area (Å²) in [5.41, 5.74) is 3.09. The fraction of sp³-hybridized carbons (Fsp3) is 0.500. The predicted octanol–water partition coefficient (Wildman–Crippen LogP) is 3.22. The molecule has 2 rings (SSSR count). The molecule has 1 aliphatic rings. The van der Waals surface area contributed by atoms with E-state index in [4.69, 9.17) is 5.21 Å². The van der Waals surface area contributed by atoms with E-state index in [0.717, 1.165) is 30.8 Å². The lowest BCUT2D eigenvalue weighted by molar-refractivity contribution is 0.317. The van der Waals surface area contributed by atoms with Gasteiger partial charge in [0, 0.05) is 30.8 Å². The minimum absolute atomic E-state index is 0.810. The molecule has 4 heteroatoms. The van der Waals surface area contributed by atoms with Gasteiger partial charge in [-0.1, -0.05) is 30.3 Å². The molecule has 1 N–H and O–H groups in total. The summed E-state index contributed by atoms with van der Waals surface area (Å²) in [6, 6.07) is 8.21. The summed E-state index contributed by atoms with van der Waals surface area (Å²) in [6.07, 6.45) is 2.03. The zero-order chi connectivity index (χ0) is 12.8. The molecule has 0 atom stereocenters. The lowest BCUT2D eigenvalue weighted by atomic mass is 9.99. The van der Waals surface area contributed by atoms with Gasteiger partial charge in [-0.05, 0) is 24.0 Å². The minimum Gasteiger partial charge on any atom is -0.411 e. The Morgan fingerprint density at radius 2 is 2.22 bits per heavy atom. The summed E-state index contributed by atoms with van der Waals surface area (Å²) >= 11 is 1.99. The van der Waals surface area contributed by atoms with E-state index in [1.165, 1.54) is 23.6 Å². The second-order valence-electron chi connectivity index (χ2n) is 4.35. The fourth-order valence-corrected chi connectivity index (χ4v) is 2.95. The van der Waals surface area contributed by atoms with Gasteiger partial charge in [-0.25, -0.2) is 0 Å². The van der Waals surface area contributed by atoms with Crippen molar-refractivity contribution in [2.45, 2.75) is 19.8 Å². The molecule has 1 aromatic carbocycles. The van der Waals surface area contributed by atoms with E-state index in [2.05, 4.69) is 23.0 Å². The number of para-hydroxylation sites is 1. The molecule has 0 amide bonds. The van der Waals surface area contributed by atoms with Crippen LogP contribution in [0.15, 0.2) is 29.4 Å². The Kier molecular flexibility index (Phi) is 4.93. The van der Waals surface area contributed by atoms with Crippen LogP contribution in [-0.4, -0.2) is 35.5 Å². The normalized spacial score (nSPS) is 16.9. The molecule has 0 aromatic heterocycles. The summed E-state index contributed by atoms with van der Waals surface area (Å²) < 4.78 is 0. The third kappa shape index (κ3) is 2.99. The second-order valence-corrected chi connectivity index (χ2v) is 5.75. The van der Waals surface area contributed by atoms with Crippen LogP contribution in [0.2, 0.25) is 0 Å². The van der Waals surface area contributed by atoms with Crippen LogP contribution in [0, 0.1) is 0 Å². The van der Waals surface area contributed by atoms with Gasteiger partial charge in [0.25, 0.3) is 0 Å². The largest absolute Gasteiger partial charge is 0.411 e. The van der Waals surface area contributed by atoms with Crippen LogP contribution >= 0.6 is 11.8 Å². The van der Waals surface area contributed by atoms with Crippen molar-refractivity contribution in [3.63, 3.8) is 0 Å². The van der Waals surface area contributed by atoms with Gasteiger partial charge in [-0.2, -0.15) is 11.8 Å². The van der Waals surface area contributed by atoms with Crippen LogP contribution in [0.1, 0.15) is 25.3 Å². The van der Waals surface area contributed by atoms with Gasteiger partial charge < -0.3 is 10.1 Å². The van der Waals surface area contributed by atoms with Gasteiger partial charge >= 0.3 is 0 Å². The highest BCUT2D eigenvalue weighted by molar-refractivity contribution is 7.99. The average molecular weight is 264 g/mol.